The van der Waals surface area contributed by atoms with Crippen LogP contribution in [0.4, 0.5) is 0 Å². The zero-order valence-electron chi connectivity index (χ0n) is 13.6. The fourth-order valence-corrected chi connectivity index (χ4v) is 2.46. The molecule has 1 aromatic carbocycles. The van der Waals surface area contributed by atoms with Gasteiger partial charge in [0.15, 0.2) is 0 Å². The highest BCUT2D eigenvalue weighted by Gasteiger charge is 2.17. The van der Waals surface area contributed by atoms with Gasteiger partial charge in [0.05, 0.1) is 13.2 Å². The van der Waals surface area contributed by atoms with Crippen LogP contribution in [-0.4, -0.2) is 30.1 Å². The van der Waals surface area contributed by atoms with Gasteiger partial charge >= 0.3 is 5.97 Å². The molecule has 0 heterocycles. The Morgan fingerprint density at radius 3 is 2.20 bits per heavy atom. The molecule has 0 N–H and O–H groups in total. The molecule has 0 saturated carbocycles. The molecule has 112 valence electrons. The standard InChI is InChI=1S/C17H27NO2/c1-7-20-17(19)11-18(12(2)3)10-16-14(5)8-13(4)9-15(16)6/h8-9,12H,7,10-11H2,1-6H3. The highest BCUT2D eigenvalue weighted by Crippen LogP contribution is 2.19. The van der Waals surface area contributed by atoms with Gasteiger partial charge in [0.25, 0.3) is 0 Å². The summed E-state index contributed by atoms with van der Waals surface area (Å²) in [5.74, 6) is -0.149. The van der Waals surface area contributed by atoms with Crippen molar-refractivity contribution >= 4 is 5.97 Å². The van der Waals surface area contributed by atoms with Gasteiger partial charge in [-0.2, -0.15) is 0 Å². The summed E-state index contributed by atoms with van der Waals surface area (Å²) in [6, 6.07) is 4.70. The van der Waals surface area contributed by atoms with Crippen molar-refractivity contribution in [3.63, 3.8) is 0 Å². The number of benzene rings is 1. The predicted molar refractivity (Wildman–Crippen MR) is 82.8 cm³/mol. The van der Waals surface area contributed by atoms with Gasteiger partial charge in [-0.3, -0.25) is 9.69 Å². The first-order valence-corrected chi connectivity index (χ1v) is 7.31. The molecule has 0 radical (unpaired) electrons. The third-order valence-electron chi connectivity index (χ3n) is 3.57. The Balaban J connectivity index is 2.88. The van der Waals surface area contributed by atoms with Crippen molar-refractivity contribution in [1.29, 1.82) is 0 Å². The first kappa shape index (κ1) is 16.7. The minimum atomic E-state index is -0.149. The van der Waals surface area contributed by atoms with Crippen molar-refractivity contribution in [1.82, 2.24) is 4.90 Å². The smallest absolute Gasteiger partial charge is 0.320 e. The molecule has 20 heavy (non-hydrogen) atoms. The van der Waals surface area contributed by atoms with Crippen LogP contribution in [0, 0.1) is 20.8 Å². The number of rotatable bonds is 6. The second kappa shape index (κ2) is 7.44. The molecule has 0 atom stereocenters. The summed E-state index contributed by atoms with van der Waals surface area (Å²) in [7, 11) is 0. The monoisotopic (exact) mass is 277 g/mol. The number of carbonyl (C=O) groups excluding carboxylic acids is 1. The minimum absolute atomic E-state index is 0.149. The molecule has 0 fully saturated rings. The molecule has 0 spiro atoms. The van der Waals surface area contributed by atoms with Gasteiger partial charge in [0.1, 0.15) is 0 Å². The Morgan fingerprint density at radius 1 is 1.20 bits per heavy atom. The van der Waals surface area contributed by atoms with Crippen LogP contribution in [0.3, 0.4) is 0 Å². The van der Waals surface area contributed by atoms with Gasteiger partial charge in [0, 0.05) is 12.6 Å². The van der Waals surface area contributed by atoms with Crippen LogP contribution in [0.1, 0.15) is 43.0 Å². The largest absolute Gasteiger partial charge is 0.465 e. The number of carbonyl (C=O) groups is 1. The molecule has 3 nitrogen and oxygen atoms in total. The summed E-state index contributed by atoms with van der Waals surface area (Å²) in [6.45, 7) is 14.0. The Bertz CT molecular complexity index is 443. The third kappa shape index (κ3) is 4.64. The molecule has 0 amide bonds. The van der Waals surface area contributed by atoms with Crippen LogP contribution < -0.4 is 0 Å². The number of aryl methyl sites for hydroxylation is 3. The van der Waals surface area contributed by atoms with E-state index >= 15 is 0 Å². The average molecular weight is 277 g/mol. The molecule has 1 aromatic rings. The molecule has 0 unspecified atom stereocenters. The Hall–Kier alpha value is -1.35. The molecule has 0 saturated heterocycles. The lowest BCUT2D eigenvalue weighted by molar-refractivity contribution is -0.145. The molecule has 0 aliphatic heterocycles. The van der Waals surface area contributed by atoms with E-state index in [4.69, 9.17) is 4.74 Å². The van der Waals surface area contributed by atoms with Crippen LogP contribution >= 0.6 is 0 Å². The summed E-state index contributed by atoms with van der Waals surface area (Å²) < 4.78 is 5.06. The maximum atomic E-state index is 11.7. The molecule has 0 aliphatic rings. The Labute approximate surface area is 122 Å². The lowest BCUT2D eigenvalue weighted by Crippen LogP contribution is -2.36. The number of esters is 1. The lowest BCUT2D eigenvalue weighted by Gasteiger charge is -2.27. The van der Waals surface area contributed by atoms with Crippen molar-refractivity contribution < 1.29 is 9.53 Å². The quantitative estimate of drug-likeness (QED) is 0.747. The van der Waals surface area contributed by atoms with Crippen LogP contribution in [-0.2, 0) is 16.1 Å². The zero-order chi connectivity index (χ0) is 15.3. The van der Waals surface area contributed by atoms with Gasteiger partial charge in [-0.1, -0.05) is 17.7 Å². The van der Waals surface area contributed by atoms with Crippen molar-refractivity contribution in [2.45, 2.75) is 54.1 Å². The van der Waals surface area contributed by atoms with Gasteiger partial charge in [-0.05, 0) is 58.2 Å². The number of ether oxygens (including phenoxy) is 1. The number of hydrogen-bond donors (Lipinski definition) is 0. The van der Waals surface area contributed by atoms with E-state index in [0.717, 1.165) is 6.54 Å². The molecular formula is C17H27NO2. The maximum Gasteiger partial charge on any atom is 0.320 e. The van der Waals surface area contributed by atoms with Crippen molar-refractivity contribution in [2.75, 3.05) is 13.2 Å². The molecule has 0 aliphatic carbocycles. The van der Waals surface area contributed by atoms with Crippen LogP contribution in [0.5, 0.6) is 0 Å². The van der Waals surface area contributed by atoms with Gasteiger partial charge in [0.2, 0.25) is 0 Å². The van der Waals surface area contributed by atoms with E-state index in [1.165, 1.54) is 22.3 Å². The van der Waals surface area contributed by atoms with Crippen LogP contribution in [0.15, 0.2) is 12.1 Å². The van der Waals surface area contributed by atoms with Crippen molar-refractivity contribution in [3.05, 3.63) is 34.4 Å². The Morgan fingerprint density at radius 2 is 1.75 bits per heavy atom. The normalized spacial score (nSPS) is 11.2. The molecule has 1 rings (SSSR count). The van der Waals surface area contributed by atoms with E-state index < -0.39 is 0 Å². The third-order valence-corrected chi connectivity index (χ3v) is 3.57. The van der Waals surface area contributed by atoms with Crippen molar-refractivity contribution in [2.24, 2.45) is 0 Å². The maximum absolute atomic E-state index is 11.7. The van der Waals surface area contributed by atoms with Gasteiger partial charge < -0.3 is 4.74 Å². The lowest BCUT2D eigenvalue weighted by atomic mass is 9.99. The SMILES string of the molecule is CCOC(=O)CN(Cc1c(C)cc(C)cc1C)C(C)C. The topological polar surface area (TPSA) is 29.5 Å². The summed E-state index contributed by atoms with van der Waals surface area (Å²) in [6.07, 6.45) is 0. The number of hydrogen-bond acceptors (Lipinski definition) is 3. The molecule has 0 bridgehead atoms. The second-order valence-corrected chi connectivity index (χ2v) is 5.68. The predicted octanol–water partition coefficient (Wildman–Crippen LogP) is 3.39. The van der Waals surface area contributed by atoms with E-state index in [2.05, 4.69) is 51.7 Å². The summed E-state index contributed by atoms with van der Waals surface area (Å²) in [4.78, 5) is 13.9. The first-order chi connectivity index (χ1) is 9.35. The average Bonchev–Trinajstić information content (AvgIpc) is 2.32. The van der Waals surface area contributed by atoms with E-state index in [1.807, 2.05) is 6.92 Å². The highest BCUT2D eigenvalue weighted by molar-refractivity contribution is 5.71. The van der Waals surface area contributed by atoms with Crippen LogP contribution in [0.25, 0.3) is 0 Å². The summed E-state index contributed by atoms with van der Waals surface area (Å²) >= 11 is 0. The van der Waals surface area contributed by atoms with Gasteiger partial charge in [-0.25, -0.2) is 0 Å². The highest BCUT2D eigenvalue weighted by atomic mass is 16.5. The molecule has 0 aromatic heterocycles. The fourth-order valence-electron chi connectivity index (χ4n) is 2.46. The first-order valence-electron chi connectivity index (χ1n) is 7.31. The zero-order valence-corrected chi connectivity index (χ0v) is 13.6. The minimum Gasteiger partial charge on any atom is -0.465 e. The summed E-state index contributed by atoms with van der Waals surface area (Å²) in [5, 5.41) is 0. The van der Waals surface area contributed by atoms with E-state index in [9.17, 15) is 4.79 Å². The Kier molecular flexibility index (Phi) is 6.21. The molecular weight excluding hydrogens is 250 g/mol. The van der Waals surface area contributed by atoms with Gasteiger partial charge in [-0.15, -0.1) is 0 Å². The van der Waals surface area contributed by atoms with E-state index in [-0.39, 0.29) is 5.97 Å². The number of nitrogens with zero attached hydrogens (tertiary/aromatic N) is 1. The fraction of sp³-hybridized carbons (Fsp3) is 0.588. The molecule has 3 heteroatoms. The van der Waals surface area contributed by atoms with Crippen molar-refractivity contribution in [3.8, 4) is 0 Å². The second-order valence-electron chi connectivity index (χ2n) is 5.68. The van der Waals surface area contributed by atoms with E-state index in [1.54, 1.807) is 0 Å². The van der Waals surface area contributed by atoms with E-state index in [0.29, 0.717) is 19.2 Å². The summed E-state index contributed by atoms with van der Waals surface area (Å²) in [5.41, 5.74) is 5.17. The van der Waals surface area contributed by atoms with Crippen LogP contribution in [0.2, 0.25) is 0 Å².